The van der Waals surface area contributed by atoms with Crippen molar-refractivity contribution in [2.75, 3.05) is 0 Å². The smallest absolute Gasteiger partial charge is 0.300 e. The van der Waals surface area contributed by atoms with Gasteiger partial charge >= 0.3 is 0 Å². The van der Waals surface area contributed by atoms with Gasteiger partial charge in [0, 0.05) is 6.92 Å². The minimum atomic E-state index is -0.833. The van der Waals surface area contributed by atoms with Gasteiger partial charge in [-0.25, -0.2) is 0 Å². The Labute approximate surface area is 65.6 Å². The van der Waals surface area contributed by atoms with Crippen LogP contribution in [0.4, 0.5) is 0 Å². The van der Waals surface area contributed by atoms with Gasteiger partial charge in [0.1, 0.15) is 6.10 Å². The highest BCUT2D eigenvalue weighted by Crippen LogP contribution is 1.76. The first-order chi connectivity index (χ1) is 4.37. The summed E-state index contributed by atoms with van der Waals surface area (Å²) in [6.45, 7) is 3.88. The number of carbonyl (C=O) groups excluding carboxylic acids is 1. The number of Topliss-reactive ketones (excluding diaryl/α,β-unsaturated/α-hetero) is 1. The van der Waals surface area contributed by atoms with Crippen LogP contribution in [-0.2, 0) is 9.59 Å². The van der Waals surface area contributed by atoms with E-state index in [1.54, 1.807) is 0 Å². The van der Waals surface area contributed by atoms with Gasteiger partial charge in [-0.1, -0.05) is 0 Å². The van der Waals surface area contributed by atoms with Gasteiger partial charge in [-0.15, -0.1) is 0 Å². The molecule has 0 spiro atoms. The number of aliphatic carboxylic acids is 1. The lowest BCUT2D eigenvalue weighted by molar-refractivity contribution is -0.134. The van der Waals surface area contributed by atoms with Gasteiger partial charge in [0.15, 0.2) is 5.78 Å². The van der Waals surface area contributed by atoms with E-state index in [-0.39, 0.29) is 11.9 Å². The van der Waals surface area contributed by atoms with Crippen LogP contribution in [-0.4, -0.2) is 28.1 Å². The van der Waals surface area contributed by atoms with Gasteiger partial charge < -0.3 is 16.4 Å². The molecule has 0 fully saturated rings. The van der Waals surface area contributed by atoms with E-state index in [0.717, 1.165) is 6.92 Å². The molecule has 0 aliphatic rings. The molecule has 68 valence electrons. The maximum atomic E-state index is 9.89. The number of carboxylic acid groups (broad SMARTS) is 1. The Balaban J connectivity index is -0.000000114. The molecule has 11 heavy (non-hydrogen) atoms. The Morgan fingerprint density at radius 3 is 1.36 bits per heavy atom. The molecule has 0 aliphatic heterocycles. The molecule has 1 atom stereocenters. The SMILES string of the molecule is CC(=O)C(C)O.CC(=O)O.N. The van der Waals surface area contributed by atoms with E-state index in [1.807, 2.05) is 0 Å². The molecule has 0 radical (unpaired) electrons. The van der Waals surface area contributed by atoms with Gasteiger partial charge in [-0.2, -0.15) is 0 Å². The molecule has 0 rings (SSSR count). The van der Waals surface area contributed by atoms with E-state index >= 15 is 0 Å². The molecule has 0 heterocycles. The van der Waals surface area contributed by atoms with E-state index in [0.29, 0.717) is 0 Å². The van der Waals surface area contributed by atoms with E-state index in [1.165, 1.54) is 13.8 Å². The third kappa shape index (κ3) is 48.2. The minimum absolute atomic E-state index is 0. The highest BCUT2D eigenvalue weighted by atomic mass is 16.4. The number of carbonyl (C=O) groups is 2. The number of aliphatic hydroxyl groups is 1. The molecule has 0 aromatic carbocycles. The molecule has 0 aromatic heterocycles. The standard InChI is InChI=1S/C4H8O2.C2H4O2.H3N/c1-3(5)4(2)6;1-2(3)4;/h3,5H,1-2H3;1H3,(H,3,4);1H3. The average molecular weight is 165 g/mol. The Morgan fingerprint density at radius 1 is 1.27 bits per heavy atom. The van der Waals surface area contributed by atoms with Crippen molar-refractivity contribution in [3.8, 4) is 0 Å². The normalized spacial score (nSPS) is 9.82. The molecule has 5 nitrogen and oxygen atoms in total. The van der Waals surface area contributed by atoms with Crippen molar-refractivity contribution in [3.63, 3.8) is 0 Å². The minimum Gasteiger partial charge on any atom is -0.481 e. The van der Waals surface area contributed by atoms with Gasteiger partial charge in [-0.3, -0.25) is 9.59 Å². The maximum absolute atomic E-state index is 9.89. The second-order valence-corrected chi connectivity index (χ2v) is 1.81. The van der Waals surface area contributed by atoms with Crippen LogP contribution in [0.1, 0.15) is 20.8 Å². The number of ketones is 1. The number of carboxylic acids is 1. The zero-order chi connectivity index (χ0) is 8.73. The molecule has 0 saturated heterocycles. The number of hydrogen-bond acceptors (Lipinski definition) is 4. The first-order valence-corrected chi connectivity index (χ1v) is 2.76. The molecule has 1 unspecified atom stereocenters. The molecule has 5 heteroatoms. The zero-order valence-corrected chi connectivity index (χ0v) is 7.00. The predicted molar refractivity (Wildman–Crippen MR) is 40.7 cm³/mol. The Hall–Kier alpha value is -0.940. The second-order valence-electron chi connectivity index (χ2n) is 1.81. The summed E-state index contributed by atoms with van der Waals surface area (Å²) in [6.07, 6.45) is -0.787. The van der Waals surface area contributed by atoms with Crippen LogP contribution in [0.2, 0.25) is 0 Å². The summed E-state index contributed by atoms with van der Waals surface area (Å²) in [5.74, 6) is -1.02. The maximum Gasteiger partial charge on any atom is 0.300 e. The number of hydrogen-bond donors (Lipinski definition) is 3. The van der Waals surface area contributed by atoms with Gasteiger partial charge in [0.05, 0.1) is 0 Å². The van der Waals surface area contributed by atoms with E-state index in [2.05, 4.69) is 0 Å². The second kappa shape index (κ2) is 9.06. The highest BCUT2D eigenvalue weighted by Gasteiger charge is 1.97. The van der Waals surface area contributed by atoms with E-state index < -0.39 is 12.1 Å². The van der Waals surface area contributed by atoms with Crippen molar-refractivity contribution in [2.45, 2.75) is 26.9 Å². The fraction of sp³-hybridized carbons (Fsp3) is 0.667. The molecule has 0 aromatic rings. The first-order valence-electron chi connectivity index (χ1n) is 2.76. The fourth-order valence-corrected chi connectivity index (χ4v) is 0. The lowest BCUT2D eigenvalue weighted by Gasteiger charge is -1.90. The van der Waals surface area contributed by atoms with Crippen molar-refractivity contribution >= 4 is 11.8 Å². The first kappa shape index (κ1) is 16.6. The van der Waals surface area contributed by atoms with Crippen molar-refractivity contribution in [1.82, 2.24) is 6.15 Å². The predicted octanol–water partition coefficient (Wildman–Crippen LogP) is 0.209. The third-order valence-corrected chi connectivity index (χ3v) is 0.588. The van der Waals surface area contributed by atoms with Gasteiger partial charge in [-0.05, 0) is 13.8 Å². The quantitative estimate of drug-likeness (QED) is 0.514. The van der Waals surface area contributed by atoms with Crippen LogP contribution in [0.5, 0.6) is 0 Å². The molecule has 0 bridgehead atoms. The fourth-order valence-electron chi connectivity index (χ4n) is 0. The van der Waals surface area contributed by atoms with Crippen molar-refractivity contribution in [1.29, 1.82) is 0 Å². The summed E-state index contributed by atoms with van der Waals surface area (Å²) >= 11 is 0. The summed E-state index contributed by atoms with van der Waals surface area (Å²) in [7, 11) is 0. The van der Waals surface area contributed by atoms with Crippen LogP contribution >= 0.6 is 0 Å². The third-order valence-electron chi connectivity index (χ3n) is 0.588. The van der Waals surface area contributed by atoms with Crippen LogP contribution in [0, 0.1) is 0 Å². The van der Waals surface area contributed by atoms with Gasteiger partial charge in [0.2, 0.25) is 0 Å². The van der Waals surface area contributed by atoms with Crippen molar-refractivity contribution in [3.05, 3.63) is 0 Å². The molecular weight excluding hydrogens is 150 g/mol. The summed E-state index contributed by atoms with van der Waals surface area (Å²) in [5.41, 5.74) is 0. The molecule has 0 aliphatic carbocycles. The number of aliphatic hydroxyl groups excluding tert-OH is 1. The molecule has 0 amide bonds. The van der Waals surface area contributed by atoms with Crippen molar-refractivity contribution in [2.24, 2.45) is 0 Å². The van der Waals surface area contributed by atoms with E-state index in [9.17, 15) is 4.79 Å². The highest BCUT2D eigenvalue weighted by molar-refractivity contribution is 5.79. The molecular formula is C6H15NO4. The summed E-state index contributed by atoms with van der Waals surface area (Å²) < 4.78 is 0. The summed E-state index contributed by atoms with van der Waals surface area (Å²) in [4.78, 5) is 18.9. The Bertz CT molecular complexity index is 118. The molecule has 0 saturated carbocycles. The Morgan fingerprint density at radius 2 is 1.36 bits per heavy atom. The summed E-state index contributed by atoms with van der Waals surface area (Å²) in [5, 5.41) is 15.7. The van der Waals surface area contributed by atoms with Crippen LogP contribution < -0.4 is 6.15 Å². The zero-order valence-electron chi connectivity index (χ0n) is 7.00. The largest absolute Gasteiger partial charge is 0.481 e. The van der Waals surface area contributed by atoms with Crippen LogP contribution in [0.3, 0.4) is 0 Å². The monoisotopic (exact) mass is 165 g/mol. The van der Waals surface area contributed by atoms with Crippen LogP contribution in [0.25, 0.3) is 0 Å². The lowest BCUT2D eigenvalue weighted by atomic mass is 10.3. The van der Waals surface area contributed by atoms with Crippen molar-refractivity contribution < 1.29 is 19.8 Å². The average Bonchev–Trinajstić information content (AvgIpc) is 1.63. The number of rotatable bonds is 1. The lowest BCUT2D eigenvalue weighted by Crippen LogP contribution is -2.10. The van der Waals surface area contributed by atoms with E-state index in [4.69, 9.17) is 15.0 Å². The van der Waals surface area contributed by atoms with Crippen LogP contribution in [0.15, 0.2) is 0 Å². The molecule has 5 N–H and O–H groups in total. The Kier molecular flexibility index (Phi) is 13.6. The summed E-state index contributed by atoms with van der Waals surface area (Å²) in [6, 6.07) is 0. The topological polar surface area (TPSA) is 110 Å². The van der Waals surface area contributed by atoms with Gasteiger partial charge in [0.25, 0.3) is 5.97 Å².